The number of fused-ring (bicyclic) bond motifs is 1. The van der Waals surface area contributed by atoms with Crippen LogP contribution in [0.5, 0.6) is 0 Å². The van der Waals surface area contributed by atoms with Gasteiger partial charge >= 0.3 is 6.09 Å². The smallest absolute Gasteiger partial charge is 0.415 e. The first-order chi connectivity index (χ1) is 12.7. The molecule has 0 saturated carbocycles. The predicted octanol–water partition coefficient (Wildman–Crippen LogP) is 6.68. The van der Waals surface area contributed by atoms with E-state index >= 15 is 0 Å². The first-order valence-corrected chi connectivity index (χ1v) is 9.76. The lowest BCUT2D eigenvalue weighted by Crippen LogP contribution is -2.36. The molecule has 0 fully saturated rings. The lowest BCUT2D eigenvalue weighted by atomic mass is 10.2. The van der Waals surface area contributed by atoms with Crippen molar-refractivity contribution in [1.82, 2.24) is 4.98 Å². The largest absolute Gasteiger partial charge is 0.443 e. The van der Waals surface area contributed by atoms with Gasteiger partial charge in [0.2, 0.25) is 0 Å². The molecule has 0 radical (unpaired) electrons. The quantitative estimate of drug-likeness (QED) is 0.438. The Balaban J connectivity index is 2.12. The van der Waals surface area contributed by atoms with Crippen LogP contribution < -0.4 is 4.90 Å². The molecule has 0 aliphatic rings. The molecule has 0 aliphatic carbocycles. The molecule has 3 rings (SSSR count). The first-order valence-electron chi connectivity index (χ1n) is 8.13. The van der Waals surface area contributed by atoms with Crippen LogP contribution in [0.25, 0.3) is 10.2 Å². The van der Waals surface area contributed by atoms with Gasteiger partial charge < -0.3 is 4.74 Å². The average Bonchev–Trinajstić information content (AvgIpc) is 2.93. The van der Waals surface area contributed by atoms with Gasteiger partial charge in [-0.25, -0.2) is 14.2 Å². The van der Waals surface area contributed by atoms with Crippen LogP contribution in [0, 0.1) is 5.82 Å². The van der Waals surface area contributed by atoms with Crippen LogP contribution in [0.4, 0.5) is 14.9 Å². The number of benzene rings is 1. The van der Waals surface area contributed by atoms with Crippen LogP contribution >= 0.6 is 34.5 Å². The van der Waals surface area contributed by atoms with Gasteiger partial charge in [-0.1, -0.05) is 41.4 Å². The molecule has 2 aromatic heterocycles. The van der Waals surface area contributed by atoms with E-state index in [1.165, 1.54) is 22.3 Å². The van der Waals surface area contributed by atoms with E-state index in [1.54, 1.807) is 50.4 Å². The van der Waals surface area contributed by atoms with Crippen LogP contribution in [-0.2, 0) is 11.3 Å². The van der Waals surface area contributed by atoms with E-state index in [-0.39, 0.29) is 11.7 Å². The van der Waals surface area contributed by atoms with Crippen LogP contribution in [0.15, 0.2) is 35.7 Å². The van der Waals surface area contributed by atoms with Crippen molar-refractivity contribution in [2.75, 3.05) is 4.90 Å². The molecule has 0 unspecified atom stereocenters. The van der Waals surface area contributed by atoms with Gasteiger partial charge in [0.05, 0.1) is 22.0 Å². The van der Waals surface area contributed by atoms with Gasteiger partial charge in [0.15, 0.2) is 0 Å². The molecule has 1 aromatic carbocycles. The van der Waals surface area contributed by atoms with E-state index in [1.807, 2.05) is 0 Å². The summed E-state index contributed by atoms with van der Waals surface area (Å²) in [7, 11) is 0. The maximum atomic E-state index is 14.2. The molecule has 0 spiro atoms. The fraction of sp³-hybridized carbons (Fsp3) is 0.263. The van der Waals surface area contributed by atoms with E-state index in [2.05, 4.69) is 4.98 Å². The molecular formula is C19H17Cl2FN2O2S. The molecule has 8 heteroatoms. The number of hydrogen-bond donors (Lipinski definition) is 0. The number of aromatic nitrogens is 1. The minimum absolute atomic E-state index is 0.0213. The van der Waals surface area contributed by atoms with E-state index < -0.39 is 17.5 Å². The van der Waals surface area contributed by atoms with Crippen LogP contribution in [-0.4, -0.2) is 16.7 Å². The van der Waals surface area contributed by atoms with Gasteiger partial charge in [-0.2, -0.15) is 0 Å². The number of ether oxygens (including phenoxy) is 1. The van der Waals surface area contributed by atoms with Gasteiger partial charge in [-0.3, -0.25) is 4.90 Å². The maximum Gasteiger partial charge on any atom is 0.415 e. The normalized spacial score (nSPS) is 11.6. The highest BCUT2D eigenvalue weighted by Crippen LogP contribution is 2.38. The fourth-order valence-corrected chi connectivity index (χ4v) is 3.90. The van der Waals surface area contributed by atoms with E-state index in [4.69, 9.17) is 27.9 Å². The molecule has 0 bridgehead atoms. The number of carbonyl (C=O) groups excluding carboxylic acids is 1. The standard InChI is InChI=1S/C19H17Cl2FN2O2S/c1-19(2,3)26-18(25)24(9-11-6-4-5-7-13(11)22)14-8-15(21)23-16-12(20)10-27-17(14)16/h4-8,10H,9H2,1-3H3. The SMILES string of the molecule is CC(C)(C)OC(=O)N(Cc1ccccc1F)c1cc(Cl)nc2c(Cl)csc12. The molecule has 0 atom stereocenters. The predicted molar refractivity (Wildman–Crippen MR) is 108 cm³/mol. The second kappa shape index (κ2) is 7.62. The van der Waals surface area contributed by atoms with Crippen molar-refractivity contribution in [3.63, 3.8) is 0 Å². The lowest BCUT2D eigenvalue weighted by Gasteiger charge is -2.28. The topological polar surface area (TPSA) is 42.4 Å². The summed E-state index contributed by atoms with van der Waals surface area (Å²) in [6.45, 7) is 5.28. The summed E-state index contributed by atoms with van der Waals surface area (Å²) < 4.78 is 20.4. The van der Waals surface area contributed by atoms with Gasteiger partial charge in [-0.05, 0) is 26.8 Å². The number of halogens is 3. The third-order valence-corrected chi connectivity index (χ3v) is 5.22. The van der Waals surface area contributed by atoms with Crippen molar-refractivity contribution >= 4 is 56.5 Å². The molecule has 4 nitrogen and oxygen atoms in total. The number of pyridine rings is 1. The molecule has 3 aromatic rings. The number of rotatable bonds is 3. The minimum Gasteiger partial charge on any atom is -0.443 e. The number of nitrogens with zero attached hydrogens (tertiary/aromatic N) is 2. The highest BCUT2D eigenvalue weighted by molar-refractivity contribution is 7.18. The zero-order valence-electron chi connectivity index (χ0n) is 14.9. The van der Waals surface area contributed by atoms with Gasteiger partial charge in [0.1, 0.15) is 22.1 Å². The van der Waals surface area contributed by atoms with Crippen molar-refractivity contribution in [3.05, 3.63) is 57.3 Å². The Kier molecular flexibility index (Phi) is 5.60. The molecule has 142 valence electrons. The van der Waals surface area contributed by atoms with Crippen LogP contribution in [0.3, 0.4) is 0 Å². The van der Waals surface area contributed by atoms with Gasteiger partial charge in [0, 0.05) is 17.0 Å². The highest BCUT2D eigenvalue weighted by Gasteiger charge is 2.27. The number of amides is 1. The Labute approximate surface area is 170 Å². The molecule has 0 N–H and O–H groups in total. The van der Waals surface area contributed by atoms with Gasteiger partial charge in [-0.15, -0.1) is 11.3 Å². The maximum absolute atomic E-state index is 14.2. The summed E-state index contributed by atoms with van der Waals surface area (Å²) >= 11 is 13.7. The Bertz CT molecular complexity index is 1000. The Morgan fingerprint density at radius 3 is 2.67 bits per heavy atom. The summed E-state index contributed by atoms with van der Waals surface area (Å²) in [6.07, 6.45) is -0.612. The third-order valence-electron chi connectivity index (χ3n) is 3.62. The molecule has 0 saturated heterocycles. The summed E-state index contributed by atoms with van der Waals surface area (Å²) in [4.78, 5) is 18.5. The summed E-state index contributed by atoms with van der Waals surface area (Å²) in [5.74, 6) is -0.410. The number of thiophene rings is 1. The molecule has 0 aliphatic heterocycles. The van der Waals surface area contributed by atoms with E-state index in [0.29, 0.717) is 26.5 Å². The Hall–Kier alpha value is -1.89. The number of anilines is 1. The first kappa shape index (κ1) is 19.9. The molecule has 2 heterocycles. The van der Waals surface area contributed by atoms with Crippen molar-refractivity contribution in [2.45, 2.75) is 32.9 Å². The Morgan fingerprint density at radius 2 is 2.00 bits per heavy atom. The summed E-state index contributed by atoms with van der Waals surface area (Å²) in [5, 5.41) is 2.34. The van der Waals surface area contributed by atoms with Gasteiger partial charge in [0.25, 0.3) is 0 Å². The van der Waals surface area contributed by atoms with Crippen LogP contribution in [0.1, 0.15) is 26.3 Å². The minimum atomic E-state index is -0.715. The Morgan fingerprint density at radius 1 is 1.30 bits per heavy atom. The summed E-state index contributed by atoms with van der Waals surface area (Å²) in [5.41, 5.74) is 0.603. The highest BCUT2D eigenvalue weighted by atomic mass is 35.5. The number of carbonyl (C=O) groups is 1. The monoisotopic (exact) mass is 426 g/mol. The zero-order valence-corrected chi connectivity index (χ0v) is 17.3. The van der Waals surface area contributed by atoms with Crippen molar-refractivity contribution in [3.8, 4) is 0 Å². The van der Waals surface area contributed by atoms with Crippen molar-refractivity contribution < 1.29 is 13.9 Å². The van der Waals surface area contributed by atoms with E-state index in [9.17, 15) is 9.18 Å². The second-order valence-corrected chi connectivity index (χ2v) is 8.56. The number of hydrogen-bond acceptors (Lipinski definition) is 4. The molecule has 27 heavy (non-hydrogen) atoms. The average molecular weight is 427 g/mol. The summed E-state index contributed by atoms with van der Waals surface area (Å²) in [6, 6.07) is 7.83. The lowest BCUT2D eigenvalue weighted by molar-refractivity contribution is 0.0577. The van der Waals surface area contributed by atoms with Crippen LogP contribution in [0.2, 0.25) is 10.2 Å². The third kappa shape index (κ3) is 4.51. The molecular weight excluding hydrogens is 410 g/mol. The second-order valence-electron chi connectivity index (χ2n) is 6.88. The fourth-order valence-electron chi connectivity index (χ4n) is 2.50. The van der Waals surface area contributed by atoms with Crippen molar-refractivity contribution in [1.29, 1.82) is 0 Å². The zero-order chi connectivity index (χ0) is 19.8. The van der Waals surface area contributed by atoms with Crippen molar-refractivity contribution in [2.24, 2.45) is 0 Å². The van der Waals surface area contributed by atoms with E-state index in [0.717, 1.165) is 0 Å². The molecule has 1 amide bonds.